The number of primary amides is 1. The topological polar surface area (TPSA) is 71.2 Å². The van der Waals surface area contributed by atoms with Gasteiger partial charge in [0.2, 0.25) is 5.91 Å². The minimum Gasteiger partial charge on any atom is -0.369 e. The lowest BCUT2D eigenvalue weighted by Crippen LogP contribution is -2.32. The van der Waals surface area contributed by atoms with Crippen molar-refractivity contribution in [3.8, 4) is 0 Å². The maximum atomic E-state index is 10.8. The van der Waals surface area contributed by atoms with Crippen LogP contribution in [0, 0.1) is 0 Å². The lowest BCUT2D eigenvalue weighted by molar-refractivity contribution is -0.119. The molecule has 5 nitrogen and oxygen atoms in total. The summed E-state index contributed by atoms with van der Waals surface area (Å²) in [5.74, 6) is -0.293. The quantitative estimate of drug-likeness (QED) is 0.744. The minimum absolute atomic E-state index is 0.293. The van der Waals surface area contributed by atoms with Crippen molar-refractivity contribution in [2.24, 2.45) is 5.73 Å². The molecule has 90 valence electrons. The molecule has 3 N–H and O–H groups in total. The van der Waals surface area contributed by atoms with E-state index in [0.29, 0.717) is 6.54 Å². The summed E-state index contributed by atoms with van der Waals surface area (Å²) in [7, 11) is 0. The number of amides is 1. The number of rotatable bonds is 7. The molecule has 0 radical (unpaired) electrons. The summed E-state index contributed by atoms with van der Waals surface area (Å²) < 4.78 is 0. The molecule has 1 heterocycles. The van der Waals surface area contributed by atoms with Crippen LogP contribution in [0.4, 0.5) is 5.13 Å². The fourth-order valence-corrected chi connectivity index (χ4v) is 2.26. The normalized spacial score (nSPS) is 10.7. The van der Waals surface area contributed by atoms with Crippen LogP contribution in [-0.2, 0) is 11.3 Å². The predicted octanol–water partition coefficient (Wildman–Crippen LogP) is 0.882. The van der Waals surface area contributed by atoms with E-state index in [4.69, 9.17) is 5.73 Å². The molecule has 0 unspecified atom stereocenters. The number of hydrogen-bond acceptors (Lipinski definition) is 5. The van der Waals surface area contributed by atoms with E-state index < -0.39 is 0 Å². The van der Waals surface area contributed by atoms with Crippen LogP contribution >= 0.6 is 11.3 Å². The Balaban J connectivity index is 2.52. The van der Waals surface area contributed by atoms with Gasteiger partial charge in [-0.2, -0.15) is 0 Å². The van der Waals surface area contributed by atoms with E-state index in [9.17, 15) is 4.79 Å². The van der Waals surface area contributed by atoms with Crippen LogP contribution < -0.4 is 11.1 Å². The van der Waals surface area contributed by atoms with Crippen LogP contribution in [0.25, 0.3) is 0 Å². The summed E-state index contributed by atoms with van der Waals surface area (Å²) in [5, 5.41) is 4.08. The highest BCUT2D eigenvalue weighted by atomic mass is 32.1. The first-order valence-electron chi connectivity index (χ1n) is 5.35. The summed E-state index contributed by atoms with van der Waals surface area (Å²) >= 11 is 1.61. The third-order valence-electron chi connectivity index (χ3n) is 2.09. The van der Waals surface area contributed by atoms with Crippen molar-refractivity contribution in [2.75, 3.05) is 25.0 Å². The number of likely N-dealkylation sites (N-methyl/N-ethyl adjacent to an activating group) is 1. The zero-order valence-electron chi connectivity index (χ0n) is 9.69. The maximum Gasteiger partial charge on any atom is 0.231 e. The fourth-order valence-electron chi connectivity index (χ4n) is 1.33. The van der Waals surface area contributed by atoms with Crippen molar-refractivity contribution in [2.45, 2.75) is 20.4 Å². The van der Waals surface area contributed by atoms with Crippen molar-refractivity contribution < 1.29 is 4.79 Å². The molecule has 0 aliphatic rings. The average molecular weight is 242 g/mol. The first kappa shape index (κ1) is 12.9. The highest BCUT2D eigenvalue weighted by Gasteiger charge is 2.09. The number of hydrogen-bond donors (Lipinski definition) is 2. The smallest absolute Gasteiger partial charge is 0.231 e. The highest BCUT2D eigenvalue weighted by Crippen LogP contribution is 2.19. The number of nitrogens with zero attached hydrogens (tertiary/aromatic N) is 2. The molecule has 0 spiro atoms. The Morgan fingerprint density at radius 2 is 2.38 bits per heavy atom. The van der Waals surface area contributed by atoms with Gasteiger partial charge >= 0.3 is 0 Å². The summed E-state index contributed by atoms with van der Waals surface area (Å²) in [6.45, 7) is 6.73. The number of thiazole rings is 1. The average Bonchev–Trinajstić information content (AvgIpc) is 2.64. The molecule has 0 bridgehead atoms. The maximum absolute atomic E-state index is 10.8. The molecule has 0 aliphatic carbocycles. The fraction of sp³-hybridized carbons (Fsp3) is 0.600. The third-order valence-corrected chi connectivity index (χ3v) is 3.03. The van der Waals surface area contributed by atoms with Gasteiger partial charge in [-0.1, -0.05) is 6.92 Å². The summed E-state index contributed by atoms with van der Waals surface area (Å²) in [6.07, 6.45) is 1.84. The second-order valence-electron chi connectivity index (χ2n) is 3.43. The molecule has 0 saturated heterocycles. The minimum atomic E-state index is -0.293. The lowest BCUT2D eigenvalue weighted by Gasteiger charge is -2.16. The monoisotopic (exact) mass is 242 g/mol. The van der Waals surface area contributed by atoms with Crippen LogP contribution in [0.2, 0.25) is 0 Å². The molecule has 1 aromatic rings. The number of nitrogens with two attached hydrogens (primary N) is 1. The first-order chi connectivity index (χ1) is 7.65. The second kappa shape index (κ2) is 6.44. The summed E-state index contributed by atoms with van der Waals surface area (Å²) in [6, 6.07) is 0. The zero-order valence-corrected chi connectivity index (χ0v) is 10.5. The molecular weight excluding hydrogens is 224 g/mol. The molecule has 16 heavy (non-hydrogen) atoms. The molecule has 0 atom stereocenters. The van der Waals surface area contributed by atoms with Crippen LogP contribution in [0.5, 0.6) is 0 Å². The standard InChI is InChI=1S/C10H18N4OS/c1-3-12-10-13-5-8(16-10)6-14(4-2)7-9(11)15/h5H,3-4,6-7H2,1-2H3,(H2,11,15)(H,12,13). The van der Waals surface area contributed by atoms with Gasteiger partial charge in [0.25, 0.3) is 0 Å². The Morgan fingerprint density at radius 3 is 2.94 bits per heavy atom. The molecular formula is C10H18N4OS. The molecule has 0 aliphatic heterocycles. The SMILES string of the molecule is CCNc1ncc(CN(CC)CC(N)=O)s1. The molecule has 1 rings (SSSR count). The molecule has 6 heteroatoms. The van der Waals surface area contributed by atoms with E-state index >= 15 is 0 Å². The Kier molecular flexibility index (Phi) is 5.21. The predicted molar refractivity (Wildman–Crippen MR) is 66.4 cm³/mol. The van der Waals surface area contributed by atoms with E-state index in [2.05, 4.69) is 10.3 Å². The van der Waals surface area contributed by atoms with E-state index in [1.807, 2.05) is 24.9 Å². The Labute approximate surface area is 99.7 Å². The number of carbonyl (C=O) groups is 1. The number of nitrogens with one attached hydrogen (secondary N) is 1. The highest BCUT2D eigenvalue weighted by molar-refractivity contribution is 7.15. The van der Waals surface area contributed by atoms with Crippen molar-refractivity contribution in [1.82, 2.24) is 9.88 Å². The summed E-state index contributed by atoms with van der Waals surface area (Å²) in [4.78, 5) is 18.2. The third kappa shape index (κ3) is 4.16. The lowest BCUT2D eigenvalue weighted by atomic mass is 10.4. The van der Waals surface area contributed by atoms with Crippen molar-refractivity contribution in [1.29, 1.82) is 0 Å². The van der Waals surface area contributed by atoms with Gasteiger partial charge < -0.3 is 11.1 Å². The van der Waals surface area contributed by atoms with E-state index in [1.54, 1.807) is 11.3 Å². The van der Waals surface area contributed by atoms with Gasteiger partial charge in [0.1, 0.15) is 0 Å². The van der Waals surface area contributed by atoms with Gasteiger partial charge in [0, 0.05) is 24.2 Å². The number of aromatic nitrogens is 1. The van der Waals surface area contributed by atoms with Crippen LogP contribution in [0.3, 0.4) is 0 Å². The van der Waals surface area contributed by atoms with Gasteiger partial charge in [-0.3, -0.25) is 9.69 Å². The van der Waals surface area contributed by atoms with Crippen LogP contribution in [0.15, 0.2) is 6.20 Å². The van der Waals surface area contributed by atoms with Crippen LogP contribution in [0.1, 0.15) is 18.7 Å². The number of anilines is 1. The first-order valence-corrected chi connectivity index (χ1v) is 6.16. The second-order valence-corrected chi connectivity index (χ2v) is 4.55. The Bertz CT molecular complexity index is 339. The molecule has 0 fully saturated rings. The number of carbonyl (C=O) groups excluding carboxylic acids is 1. The molecule has 1 amide bonds. The van der Waals surface area contributed by atoms with E-state index in [0.717, 1.165) is 29.6 Å². The largest absolute Gasteiger partial charge is 0.369 e. The van der Waals surface area contributed by atoms with Crippen molar-refractivity contribution in [3.05, 3.63) is 11.1 Å². The van der Waals surface area contributed by atoms with Crippen LogP contribution in [-0.4, -0.2) is 35.4 Å². The molecule has 1 aromatic heterocycles. The van der Waals surface area contributed by atoms with Gasteiger partial charge in [-0.15, -0.1) is 11.3 Å². The van der Waals surface area contributed by atoms with Gasteiger partial charge in [0.15, 0.2) is 5.13 Å². The van der Waals surface area contributed by atoms with Gasteiger partial charge in [-0.05, 0) is 13.5 Å². The van der Waals surface area contributed by atoms with E-state index in [1.165, 1.54) is 0 Å². The molecule has 0 saturated carbocycles. The van der Waals surface area contributed by atoms with Gasteiger partial charge in [0.05, 0.1) is 6.54 Å². The van der Waals surface area contributed by atoms with Gasteiger partial charge in [-0.25, -0.2) is 4.98 Å². The van der Waals surface area contributed by atoms with Crippen molar-refractivity contribution >= 4 is 22.4 Å². The van der Waals surface area contributed by atoms with E-state index in [-0.39, 0.29) is 5.91 Å². The van der Waals surface area contributed by atoms with Crippen molar-refractivity contribution in [3.63, 3.8) is 0 Å². The molecule has 0 aromatic carbocycles. The summed E-state index contributed by atoms with van der Waals surface area (Å²) in [5.41, 5.74) is 5.17. The zero-order chi connectivity index (χ0) is 12.0. The Hall–Kier alpha value is -1.14. The Morgan fingerprint density at radius 1 is 1.62 bits per heavy atom.